The summed E-state index contributed by atoms with van der Waals surface area (Å²) in [6.45, 7) is 8.29. The Morgan fingerprint density at radius 2 is 2.18 bits per heavy atom. The molecule has 2 aromatic rings. The minimum absolute atomic E-state index is 0.476. The van der Waals surface area contributed by atoms with Gasteiger partial charge in [0.05, 0.1) is 5.56 Å². The Morgan fingerprint density at radius 1 is 1.41 bits per heavy atom. The second kappa shape index (κ2) is 5.86. The Bertz CT molecular complexity index is 720. The van der Waals surface area contributed by atoms with Crippen LogP contribution < -0.4 is 0 Å². The van der Waals surface area contributed by atoms with Crippen LogP contribution in [-0.4, -0.2) is 24.2 Å². The van der Waals surface area contributed by atoms with E-state index in [1.807, 2.05) is 17.0 Å². The summed E-state index contributed by atoms with van der Waals surface area (Å²) in [6, 6.07) is 5.54. The number of hydrogen-bond donors (Lipinski definition) is 0. The molecule has 0 aromatic carbocycles. The molecule has 1 aliphatic carbocycles. The molecule has 3 rings (SSSR count). The quantitative estimate of drug-likeness (QED) is 0.596. The molecule has 22 heavy (non-hydrogen) atoms. The first-order chi connectivity index (χ1) is 10.5. The lowest BCUT2D eigenvalue weighted by Gasteiger charge is -2.15. The summed E-state index contributed by atoms with van der Waals surface area (Å²) < 4.78 is 7.80. The number of fused-ring (bicyclic) bond motifs is 1. The summed E-state index contributed by atoms with van der Waals surface area (Å²) in [5.41, 5.74) is 2.88. The molecule has 4 nitrogen and oxygen atoms in total. The molecule has 0 saturated heterocycles. The van der Waals surface area contributed by atoms with Crippen LogP contribution in [0.5, 0.6) is 0 Å². The largest absolute Gasteiger partial charge is 0.361 e. The Hall–Kier alpha value is -1.64. The summed E-state index contributed by atoms with van der Waals surface area (Å²) in [5, 5.41) is 10.5. The van der Waals surface area contributed by atoms with Gasteiger partial charge in [-0.05, 0) is 36.4 Å². The van der Waals surface area contributed by atoms with E-state index >= 15 is 0 Å². The smallest absolute Gasteiger partial charge is 0.143 e. The van der Waals surface area contributed by atoms with E-state index in [0.29, 0.717) is 12.6 Å². The van der Waals surface area contributed by atoms with E-state index in [0.717, 1.165) is 29.2 Å². The van der Waals surface area contributed by atoms with Crippen LogP contribution in [0.1, 0.15) is 29.9 Å². The molecule has 0 unspecified atom stereocenters. The number of rotatable bonds is 6. The molecular weight excluding hydrogens is 290 g/mol. The second-order valence-corrected chi connectivity index (χ2v) is 13.0. The highest BCUT2D eigenvalue weighted by atomic mass is 28.3. The van der Waals surface area contributed by atoms with Gasteiger partial charge in [-0.25, -0.2) is 4.98 Å². The van der Waals surface area contributed by atoms with Gasteiger partial charge < -0.3 is 9.30 Å². The predicted octanol–water partition coefficient (Wildman–Crippen LogP) is 4.10. The summed E-state index contributed by atoms with van der Waals surface area (Å²) in [6.07, 6.45) is 6.19. The number of aromatic nitrogens is 2. The average molecular weight is 313 g/mol. The molecule has 0 radical (unpaired) electrons. The van der Waals surface area contributed by atoms with E-state index in [4.69, 9.17) is 4.74 Å². The fourth-order valence-electron chi connectivity index (χ4n) is 2.70. The maximum absolute atomic E-state index is 9.43. The molecule has 1 saturated carbocycles. The molecule has 0 atom stereocenters. The highest BCUT2D eigenvalue weighted by Gasteiger charge is 2.27. The monoisotopic (exact) mass is 313 g/mol. The fourth-order valence-corrected chi connectivity index (χ4v) is 3.46. The Labute approximate surface area is 132 Å². The zero-order valence-electron chi connectivity index (χ0n) is 13.6. The minimum atomic E-state index is -1.07. The normalized spacial score (nSPS) is 15.2. The van der Waals surface area contributed by atoms with Crippen LogP contribution in [0, 0.1) is 11.3 Å². The van der Waals surface area contributed by atoms with Gasteiger partial charge in [0.1, 0.15) is 18.4 Å². The van der Waals surface area contributed by atoms with Crippen molar-refractivity contribution in [2.45, 2.75) is 51.2 Å². The fraction of sp³-hybridized carbons (Fsp3) is 0.529. The van der Waals surface area contributed by atoms with Gasteiger partial charge in [0.25, 0.3) is 0 Å². The molecule has 0 aliphatic heterocycles. The first-order valence-corrected chi connectivity index (χ1v) is 11.7. The van der Waals surface area contributed by atoms with E-state index in [-0.39, 0.29) is 0 Å². The summed E-state index contributed by atoms with van der Waals surface area (Å²) >= 11 is 0. The molecule has 0 bridgehead atoms. The molecular formula is C17H23N3OSi. The highest BCUT2D eigenvalue weighted by Crippen LogP contribution is 2.43. The molecule has 2 aromatic heterocycles. The van der Waals surface area contributed by atoms with Crippen molar-refractivity contribution in [2.24, 2.45) is 0 Å². The third kappa shape index (κ3) is 3.23. The zero-order valence-corrected chi connectivity index (χ0v) is 14.6. The topological polar surface area (TPSA) is 50.8 Å². The first kappa shape index (κ1) is 15.3. The van der Waals surface area contributed by atoms with Crippen molar-refractivity contribution >= 4 is 19.1 Å². The molecule has 116 valence electrons. The van der Waals surface area contributed by atoms with E-state index < -0.39 is 8.07 Å². The third-order valence-electron chi connectivity index (χ3n) is 4.15. The number of nitrogens with zero attached hydrogens (tertiary/aromatic N) is 3. The number of nitriles is 1. The van der Waals surface area contributed by atoms with Gasteiger partial charge in [-0.15, -0.1) is 0 Å². The van der Waals surface area contributed by atoms with Crippen molar-refractivity contribution in [1.82, 2.24) is 9.55 Å². The van der Waals surface area contributed by atoms with Gasteiger partial charge in [0, 0.05) is 32.5 Å². The van der Waals surface area contributed by atoms with E-state index in [1.54, 1.807) is 0 Å². The van der Waals surface area contributed by atoms with Crippen LogP contribution in [0.15, 0.2) is 18.5 Å². The van der Waals surface area contributed by atoms with E-state index in [9.17, 15) is 5.26 Å². The van der Waals surface area contributed by atoms with Crippen molar-refractivity contribution < 1.29 is 4.74 Å². The Kier molecular flexibility index (Phi) is 4.07. The number of pyridine rings is 1. The van der Waals surface area contributed by atoms with Crippen LogP contribution in [0.3, 0.4) is 0 Å². The van der Waals surface area contributed by atoms with Crippen LogP contribution in [0.4, 0.5) is 0 Å². The Balaban J connectivity index is 1.82. The van der Waals surface area contributed by atoms with Crippen molar-refractivity contribution in [3.05, 3.63) is 29.6 Å². The average Bonchev–Trinajstić information content (AvgIpc) is 3.24. The van der Waals surface area contributed by atoms with Crippen LogP contribution in [0.25, 0.3) is 11.0 Å². The molecule has 5 heteroatoms. The standard InChI is InChI=1S/C17H23N3OSi/c1-22(2,3)9-8-21-12-20-11-14(10-18)16-15(13-4-5-13)6-7-19-17(16)20/h6-7,11,13H,4-5,8-9,12H2,1-3H3. The lowest BCUT2D eigenvalue weighted by Crippen LogP contribution is -2.22. The summed E-state index contributed by atoms with van der Waals surface area (Å²) in [4.78, 5) is 4.49. The lowest BCUT2D eigenvalue weighted by molar-refractivity contribution is 0.0898. The van der Waals surface area contributed by atoms with Gasteiger partial charge in [0.2, 0.25) is 0 Å². The zero-order chi connectivity index (χ0) is 15.7. The van der Waals surface area contributed by atoms with Crippen LogP contribution in [0.2, 0.25) is 25.7 Å². The van der Waals surface area contributed by atoms with Crippen molar-refractivity contribution in [1.29, 1.82) is 5.26 Å². The molecule has 2 heterocycles. The first-order valence-electron chi connectivity index (χ1n) is 7.95. The van der Waals surface area contributed by atoms with Crippen molar-refractivity contribution in [2.75, 3.05) is 6.61 Å². The van der Waals surface area contributed by atoms with Crippen LogP contribution >= 0.6 is 0 Å². The van der Waals surface area contributed by atoms with Crippen LogP contribution in [-0.2, 0) is 11.5 Å². The van der Waals surface area contributed by atoms with Gasteiger partial charge in [-0.3, -0.25) is 0 Å². The summed E-state index contributed by atoms with van der Waals surface area (Å²) in [5.74, 6) is 0.612. The maximum Gasteiger partial charge on any atom is 0.143 e. The number of ether oxygens (including phenoxy) is 1. The SMILES string of the molecule is C[Si](C)(C)CCOCn1cc(C#N)c2c(C3CC3)ccnc21. The van der Waals surface area contributed by atoms with E-state index in [1.165, 1.54) is 18.4 Å². The second-order valence-electron chi connectivity index (χ2n) is 7.35. The Morgan fingerprint density at radius 3 is 2.82 bits per heavy atom. The van der Waals surface area contributed by atoms with E-state index in [2.05, 4.69) is 36.8 Å². The molecule has 0 amide bonds. The molecule has 0 spiro atoms. The van der Waals surface area contributed by atoms with Gasteiger partial charge in [0.15, 0.2) is 0 Å². The minimum Gasteiger partial charge on any atom is -0.361 e. The van der Waals surface area contributed by atoms with Gasteiger partial charge >= 0.3 is 0 Å². The molecule has 0 N–H and O–H groups in total. The molecule has 1 fully saturated rings. The van der Waals surface area contributed by atoms with Crippen molar-refractivity contribution in [3.63, 3.8) is 0 Å². The highest BCUT2D eigenvalue weighted by molar-refractivity contribution is 6.76. The van der Waals surface area contributed by atoms with Crippen molar-refractivity contribution in [3.8, 4) is 6.07 Å². The van der Waals surface area contributed by atoms with Gasteiger partial charge in [-0.1, -0.05) is 19.6 Å². The summed E-state index contributed by atoms with van der Waals surface area (Å²) in [7, 11) is -1.07. The molecule has 1 aliphatic rings. The lowest BCUT2D eigenvalue weighted by atomic mass is 10.1. The maximum atomic E-state index is 9.43. The van der Waals surface area contributed by atoms with Gasteiger partial charge in [-0.2, -0.15) is 5.26 Å². The number of hydrogen-bond acceptors (Lipinski definition) is 3. The third-order valence-corrected chi connectivity index (χ3v) is 5.86. The predicted molar refractivity (Wildman–Crippen MR) is 90.5 cm³/mol.